The van der Waals surface area contributed by atoms with Crippen molar-refractivity contribution >= 4 is 0 Å². The highest BCUT2D eigenvalue weighted by Crippen LogP contribution is 2.28. The molecule has 0 aliphatic carbocycles. The topological polar surface area (TPSA) is 85.5 Å². The van der Waals surface area contributed by atoms with E-state index in [1.54, 1.807) is 10.9 Å². The van der Waals surface area contributed by atoms with Gasteiger partial charge >= 0.3 is 0 Å². The molecule has 0 aromatic carbocycles. The minimum Gasteiger partial charge on any atom is -0.396 e. The lowest BCUT2D eigenvalue weighted by Gasteiger charge is -2.46. The van der Waals surface area contributed by atoms with Crippen LogP contribution in [0.2, 0.25) is 0 Å². The number of rotatable bonds is 6. The summed E-state index contributed by atoms with van der Waals surface area (Å²) in [6.45, 7) is 13.0. The molecule has 32 heavy (non-hydrogen) atoms. The quantitative estimate of drug-likeness (QED) is 0.689. The van der Waals surface area contributed by atoms with E-state index in [2.05, 4.69) is 65.8 Å². The highest BCUT2D eigenvalue weighted by atomic mass is 16.7. The van der Waals surface area contributed by atoms with Crippen molar-refractivity contribution in [3.63, 3.8) is 0 Å². The van der Waals surface area contributed by atoms with Crippen LogP contribution in [0.1, 0.15) is 38.8 Å². The second-order valence-electron chi connectivity index (χ2n) is 10.0. The number of hydrogen-bond donors (Lipinski definition) is 1. The maximum atomic E-state index is 9.35. The van der Waals surface area contributed by atoms with Crippen LogP contribution in [-0.4, -0.2) is 75.7 Å². The molecule has 2 saturated heterocycles. The summed E-state index contributed by atoms with van der Waals surface area (Å²) in [6, 6.07) is 2.08. The third-order valence-corrected chi connectivity index (χ3v) is 5.91. The molecule has 2 fully saturated rings. The largest absolute Gasteiger partial charge is 0.396 e. The van der Waals surface area contributed by atoms with Gasteiger partial charge in [-0.25, -0.2) is 4.68 Å². The molecule has 0 unspecified atom stereocenters. The van der Waals surface area contributed by atoms with E-state index < -0.39 is 0 Å². The molecule has 2 aromatic heterocycles. The van der Waals surface area contributed by atoms with E-state index in [-0.39, 0.29) is 23.7 Å². The van der Waals surface area contributed by atoms with Gasteiger partial charge in [0, 0.05) is 35.7 Å². The van der Waals surface area contributed by atoms with Crippen LogP contribution in [0.15, 0.2) is 18.5 Å². The molecular formula is C24H33N5O3. The molecule has 2 aliphatic heterocycles. The van der Waals surface area contributed by atoms with Crippen LogP contribution < -0.4 is 0 Å². The Hall–Kier alpha value is -2.31. The van der Waals surface area contributed by atoms with Crippen LogP contribution in [0.4, 0.5) is 0 Å². The molecule has 8 nitrogen and oxygen atoms in total. The Kier molecular flexibility index (Phi) is 6.63. The Bertz CT molecular complexity index is 991. The van der Waals surface area contributed by atoms with Crippen molar-refractivity contribution in [3.8, 4) is 23.2 Å². The molecule has 2 aliphatic rings. The molecule has 8 heteroatoms. The number of likely N-dealkylation sites (tertiary alicyclic amines) is 1. The Morgan fingerprint density at radius 2 is 1.97 bits per heavy atom. The molecule has 4 heterocycles. The number of hydrogen-bond acceptors (Lipinski definition) is 7. The molecule has 4 rings (SSSR count). The van der Waals surface area contributed by atoms with Gasteiger partial charge in [0.2, 0.25) is 0 Å². The lowest BCUT2D eigenvalue weighted by atomic mass is 9.83. The summed E-state index contributed by atoms with van der Waals surface area (Å²) in [6.07, 6.45) is 4.21. The van der Waals surface area contributed by atoms with Gasteiger partial charge < -0.3 is 14.6 Å². The first kappa shape index (κ1) is 22.9. The van der Waals surface area contributed by atoms with E-state index in [0.717, 1.165) is 42.0 Å². The number of ether oxygens (including phenoxy) is 2. The Balaban J connectivity index is 1.38. The van der Waals surface area contributed by atoms with E-state index in [0.29, 0.717) is 26.3 Å². The standard InChI is InChI=1S/C24H33N5O3/c1-5-19-9-18(7-6-8-28-13-24(4,14-28)15-30)10-25-22(19)20-11-29(27-26-20)12-21-31-16-23(2,3)17-32-21/h9-11,21,30H,5,8,12-17H2,1-4H3. The fourth-order valence-corrected chi connectivity index (χ4v) is 4.06. The molecule has 0 atom stereocenters. The Labute approximate surface area is 189 Å². The lowest BCUT2D eigenvalue weighted by molar-refractivity contribution is -0.227. The second kappa shape index (κ2) is 9.28. The van der Waals surface area contributed by atoms with Gasteiger partial charge in [0.1, 0.15) is 5.69 Å². The zero-order valence-corrected chi connectivity index (χ0v) is 19.5. The molecule has 0 amide bonds. The van der Waals surface area contributed by atoms with Gasteiger partial charge in [0.15, 0.2) is 6.29 Å². The fourth-order valence-electron chi connectivity index (χ4n) is 4.06. The average Bonchev–Trinajstić information content (AvgIpc) is 3.22. The van der Waals surface area contributed by atoms with Gasteiger partial charge in [-0.1, -0.05) is 44.7 Å². The van der Waals surface area contributed by atoms with E-state index >= 15 is 0 Å². The highest BCUT2D eigenvalue weighted by Gasteiger charge is 2.37. The van der Waals surface area contributed by atoms with Gasteiger partial charge in [0.05, 0.1) is 44.8 Å². The van der Waals surface area contributed by atoms with Crippen molar-refractivity contribution in [2.45, 2.75) is 47.0 Å². The maximum absolute atomic E-state index is 9.35. The summed E-state index contributed by atoms with van der Waals surface area (Å²) in [4.78, 5) is 6.88. The number of aryl methyl sites for hydroxylation is 1. The molecule has 0 spiro atoms. The average molecular weight is 440 g/mol. The molecule has 1 N–H and O–H groups in total. The third-order valence-electron chi connectivity index (χ3n) is 5.91. The smallest absolute Gasteiger partial charge is 0.177 e. The monoisotopic (exact) mass is 439 g/mol. The van der Waals surface area contributed by atoms with E-state index in [9.17, 15) is 5.11 Å². The predicted molar refractivity (Wildman–Crippen MR) is 121 cm³/mol. The first-order chi connectivity index (χ1) is 15.3. The van der Waals surface area contributed by atoms with Crippen LogP contribution in [0.5, 0.6) is 0 Å². The normalized spacial score (nSPS) is 20.4. The van der Waals surface area contributed by atoms with Crippen molar-refractivity contribution in [1.82, 2.24) is 24.9 Å². The fraction of sp³-hybridized carbons (Fsp3) is 0.625. The Morgan fingerprint density at radius 1 is 1.22 bits per heavy atom. The van der Waals surface area contributed by atoms with Gasteiger partial charge in [-0.15, -0.1) is 5.10 Å². The van der Waals surface area contributed by atoms with E-state index in [4.69, 9.17) is 9.47 Å². The number of pyridine rings is 1. The zero-order valence-electron chi connectivity index (χ0n) is 19.5. The summed E-state index contributed by atoms with van der Waals surface area (Å²) in [5, 5.41) is 17.9. The summed E-state index contributed by atoms with van der Waals surface area (Å²) < 4.78 is 13.3. The van der Waals surface area contributed by atoms with Crippen LogP contribution >= 0.6 is 0 Å². The molecule has 172 valence electrons. The predicted octanol–water partition coefficient (Wildman–Crippen LogP) is 1.97. The summed E-state index contributed by atoms with van der Waals surface area (Å²) in [7, 11) is 0. The summed E-state index contributed by atoms with van der Waals surface area (Å²) >= 11 is 0. The minimum absolute atomic E-state index is 0.0313. The van der Waals surface area contributed by atoms with Crippen molar-refractivity contribution < 1.29 is 14.6 Å². The summed E-state index contributed by atoms with van der Waals surface area (Å²) in [5.74, 6) is 6.44. The third kappa shape index (κ3) is 5.36. The highest BCUT2D eigenvalue weighted by molar-refractivity contribution is 5.59. The zero-order chi connectivity index (χ0) is 22.8. The van der Waals surface area contributed by atoms with Crippen LogP contribution in [0.25, 0.3) is 11.4 Å². The van der Waals surface area contributed by atoms with Crippen LogP contribution in [-0.2, 0) is 22.4 Å². The van der Waals surface area contributed by atoms with Crippen LogP contribution in [0.3, 0.4) is 0 Å². The number of aromatic nitrogens is 4. The van der Waals surface area contributed by atoms with Crippen LogP contribution in [0, 0.1) is 22.7 Å². The molecule has 0 bridgehead atoms. The summed E-state index contributed by atoms with van der Waals surface area (Å²) in [5.41, 5.74) is 3.63. The van der Waals surface area contributed by atoms with Gasteiger partial charge in [0.25, 0.3) is 0 Å². The molecule has 2 aromatic rings. The first-order valence-electron chi connectivity index (χ1n) is 11.2. The maximum Gasteiger partial charge on any atom is 0.177 e. The van der Waals surface area contributed by atoms with Crippen molar-refractivity contribution in [1.29, 1.82) is 0 Å². The van der Waals surface area contributed by atoms with Crippen molar-refractivity contribution in [3.05, 3.63) is 29.6 Å². The second-order valence-corrected chi connectivity index (χ2v) is 10.0. The molecular weight excluding hydrogens is 406 g/mol. The van der Waals surface area contributed by atoms with E-state index in [1.807, 2.05) is 6.20 Å². The number of nitrogens with zero attached hydrogens (tertiary/aromatic N) is 5. The van der Waals surface area contributed by atoms with Gasteiger partial charge in [-0.3, -0.25) is 9.88 Å². The van der Waals surface area contributed by atoms with E-state index in [1.165, 1.54) is 0 Å². The first-order valence-corrected chi connectivity index (χ1v) is 11.2. The molecule has 0 radical (unpaired) electrons. The van der Waals surface area contributed by atoms with Gasteiger partial charge in [-0.05, 0) is 18.1 Å². The number of aliphatic hydroxyl groups is 1. The van der Waals surface area contributed by atoms with Crippen molar-refractivity contribution in [2.75, 3.05) is 39.5 Å². The SMILES string of the molecule is CCc1cc(C#CCN2CC(C)(CO)C2)cnc1-c1cn(CC2OCC(C)(C)CO2)nn1. The molecule has 0 saturated carbocycles. The minimum atomic E-state index is -0.310. The Morgan fingerprint density at radius 3 is 2.66 bits per heavy atom. The number of aliphatic hydroxyl groups excluding tert-OH is 1. The van der Waals surface area contributed by atoms with Gasteiger partial charge in [-0.2, -0.15) is 0 Å². The van der Waals surface area contributed by atoms with Crippen molar-refractivity contribution in [2.24, 2.45) is 10.8 Å². The lowest BCUT2D eigenvalue weighted by Crippen LogP contribution is -2.56.